The second-order valence-corrected chi connectivity index (χ2v) is 10.1. The van der Waals surface area contributed by atoms with Gasteiger partial charge in [0.25, 0.3) is 0 Å². The molecule has 0 bridgehead atoms. The average Bonchev–Trinajstić information content (AvgIpc) is 3.26. The van der Waals surface area contributed by atoms with Crippen molar-refractivity contribution in [1.29, 1.82) is 0 Å². The van der Waals surface area contributed by atoms with E-state index in [4.69, 9.17) is 9.72 Å². The zero-order valence-electron chi connectivity index (χ0n) is 20.3. The van der Waals surface area contributed by atoms with Crippen molar-refractivity contribution >= 4 is 34.1 Å². The Kier molecular flexibility index (Phi) is 8.92. The smallest absolute Gasteiger partial charge is 0.452 e. The SMILES string of the molecule is CO[C@H]1CC[C@@H](N(CC(C)C)c2ncc([C@H](C)CC(=O)O)cc2Nc2nc(C(F)(F)F)ns2)CC1. The Morgan fingerprint density at radius 2 is 1.97 bits per heavy atom. The van der Waals surface area contributed by atoms with Crippen LogP contribution in [0.15, 0.2) is 12.3 Å². The fraction of sp³-hybridized carbons (Fsp3) is 0.652. The van der Waals surface area contributed by atoms with Crippen molar-refractivity contribution in [3.05, 3.63) is 23.7 Å². The predicted octanol–water partition coefficient (Wildman–Crippen LogP) is 5.69. The van der Waals surface area contributed by atoms with Crippen LogP contribution in [-0.4, -0.2) is 51.2 Å². The van der Waals surface area contributed by atoms with E-state index in [0.29, 0.717) is 41.1 Å². The molecule has 0 amide bonds. The van der Waals surface area contributed by atoms with E-state index < -0.39 is 18.0 Å². The van der Waals surface area contributed by atoms with Gasteiger partial charge >= 0.3 is 12.1 Å². The zero-order chi connectivity index (χ0) is 25.8. The average molecular weight is 516 g/mol. The minimum Gasteiger partial charge on any atom is -0.481 e. The van der Waals surface area contributed by atoms with Gasteiger partial charge in [-0.2, -0.15) is 22.5 Å². The number of methoxy groups -OCH3 is 1. The predicted molar refractivity (Wildman–Crippen MR) is 128 cm³/mol. The maximum Gasteiger partial charge on any atom is 0.452 e. The van der Waals surface area contributed by atoms with Gasteiger partial charge in [-0.1, -0.05) is 20.8 Å². The van der Waals surface area contributed by atoms with Crippen LogP contribution in [0, 0.1) is 5.92 Å². The third-order valence-corrected chi connectivity index (χ3v) is 6.74. The molecule has 194 valence electrons. The number of nitrogens with one attached hydrogen (secondary N) is 1. The molecular weight excluding hydrogens is 483 g/mol. The molecule has 12 heteroatoms. The highest BCUT2D eigenvalue weighted by Crippen LogP contribution is 2.37. The lowest BCUT2D eigenvalue weighted by molar-refractivity contribution is -0.144. The summed E-state index contributed by atoms with van der Waals surface area (Å²) in [5.41, 5.74) is 1.16. The molecule has 2 heterocycles. The molecule has 0 unspecified atom stereocenters. The first-order valence-corrected chi connectivity index (χ1v) is 12.4. The first-order valence-electron chi connectivity index (χ1n) is 11.7. The Morgan fingerprint density at radius 3 is 2.51 bits per heavy atom. The van der Waals surface area contributed by atoms with E-state index in [9.17, 15) is 23.1 Å². The molecule has 2 N–H and O–H groups in total. The van der Waals surface area contributed by atoms with Gasteiger partial charge in [-0.05, 0) is 49.1 Å². The fourth-order valence-corrected chi connectivity index (χ4v) is 4.94. The summed E-state index contributed by atoms with van der Waals surface area (Å²) in [6.07, 6.45) is 0.784. The third kappa shape index (κ3) is 7.26. The van der Waals surface area contributed by atoms with Crippen LogP contribution in [0.2, 0.25) is 0 Å². The van der Waals surface area contributed by atoms with E-state index >= 15 is 0 Å². The van der Waals surface area contributed by atoms with Gasteiger partial charge in [0, 0.05) is 37.4 Å². The number of pyridine rings is 1. The molecule has 0 aromatic carbocycles. The molecule has 0 saturated heterocycles. The van der Waals surface area contributed by atoms with Crippen LogP contribution in [-0.2, 0) is 15.7 Å². The van der Waals surface area contributed by atoms with Crippen LogP contribution in [0.5, 0.6) is 0 Å². The number of anilines is 3. The summed E-state index contributed by atoms with van der Waals surface area (Å²) < 4.78 is 48.1. The van der Waals surface area contributed by atoms with Crippen molar-refractivity contribution in [2.75, 3.05) is 23.9 Å². The number of alkyl halides is 3. The van der Waals surface area contributed by atoms with Crippen LogP contribution in [0.3, 0.4) is 0 Å². The van der Waals surface area contributed by atoms with E-state index in [1.807, 2.05) is 0 Å². The molecule has 1 fully saturated rings. The Hall–Kier alpha value is -2.47. The number of carboxylic acids is 1. The van der Waals surface area contributed by atoms with Crippen LogP contribution in [0.25, 0.3) is 0 Å². The second-order valence-electron chi connectivity index (χ2n) is 9.40. The molecule has 0 spiro atoms. The van der Waals surface area contributed by atoms with Crippen LogP contribution in [0.4, 0.5) is 29.8 Å². The summed E-state index contributed by atoms with van der Waals surface area (Å²) in [5.74, 6) is -1.55. The Labute approximate surface area is 207 Å². The van der Waals surface area contributed by atoms with Gasteiger partial charge in [-0.15, -0.1) is 0 Å². The van der Waals surface area contributed by atoms with Crippen LogP contribution >= 0.6 is 11.5 Å². The van der Waals surface area contributed by atoms with Crippen LogP contribution < -0.4 is 10.2 Å². The molecule has 2 aromatic heterocycles. The van der Waals surface area contributed by atoms with Gasteiger partial charge in [0.15, 0.2) is 5.82 Å². The maximum absolute atomic E-state index is 13.1. The van der Waals surface area contributed by atoms with Crippen molar-refractivity contribution in [2.24, 2.45) is 5.92 Å². The van der Waals surface area contributed by atoms with E-state index in [1.165, 1.54) is 0 Å². The number of aromatic nitrogens is 3. The van der Waals surface area contributed by atoms with E-state index in [-0.39, 0.29) is 29.6 Å². The quantitative estimate of drug-likeness (QED) is 0.416. The normalized spacial score (nSPS) is 19.5. The molecule has 2 aromatic rings. The van der Waals surface area contributed by atoms with Crippen LogP contribution in [0.1, 0.15) is 70.2 Å². The first-order chi connectivity index (χ1) is 16.5. The first kappa shape index (κ1) is 27.1. The van der Waals surface area contributed by atoms with Crippen molar-refractivity contribution in [3.63, 3.8) is 0 Å². The molecule has 8 nitrogen and oxygen atoms in total. The monoisotopic (exact) mass is 515 g/mol. The van der Waals surface area contributed by atoms with Gasteiger partial charge in [0.1, 0.15) is 0 Å². The molecule has 1 aliphatic rings. The number of hydrogen-bond donors (Lipinski definition) is 2. The topological polar surface area (TPSA) is 100 Å². The highest BCUT2D eigenvalue weighted by Gasteiger charge is 2.36. The minimum atomic E-state index is -4.64. The Morgan fingerprint density at radius 1 is 1.29 bits per heavy atom. The molecule has 1 aliphatic carbocycles. The number of carbonyl (C=O) groups is 1. The Balaban J connectivity index is 1.99. The number of rotatable bonds is 10. The summed E-state index contributed by atoms with van der Waals surface area (Å²) in [7, 11) is 1.72. The van der Waals surface area contributed by atoms with Crippen molar-refractivity contribution in [1.82, 2.24) is 14.3 Å². The van der Waals surface area contributed by atoms with E-state index in [1.54, 1.807) is 26.3 Å². The highest BCUT2D eigenvalue weighted by atomic mass is 32.1. The lowest BCUT2D eigenvalue weighted by Gasteiger charge is -2.39. The summed E-state index contributed by atoms with van der Waals surface area (Å²) >= 11 is 0.620. The van der Waals surface area contributed by atoms with Gasteiger partial charge < -0.3 is 20.1 Å². The van der Waals surface area contributed by atoms with E-state index in [2.05, 4.69) is 33.4 Å². The zero-order valence-corrected chi connectivity index (χ0v) is 21.1. The molecule has 1 atom stereocenters. The number of hydrogen-bond acceptors (Lipinski definition) is 8. The minimum absolute atomic E-state index is 0.00370. The lowest BCUT2D eigenvalue weighted by Crippen LogP contribution is -2.42. The third-order valence-electron chi connectivity index (χ3n) is 6.11. The Bertz CT molecular complexity index is 993. The van der Waals surface area contributed by atoms with Gasteiger partial charge in [0.05, 0.1) is 18.2 Å². The lowest BCUT2D eigenvalue weighted by atomic mass is 9.91. The van der Waals surface area contributed by atoms with Crippen molar-refractivity contribution in [3.8, 4) is 0 Å². The fourth-order valence-electron chi connectivity index (χ4n) is 4.34. The molecular formula is C23H32F3N5O3S. The number of ether oxygens (including phenoxy) is 1. The van der Waals surface area contributed by atoms with E-state index in [0.717, 1.165) is 25.7 Å². The highest BCUT2D eigenvalue weighted by molar-refractivity contribution is 7.09. The van der Waals surface area contributed by atoms with Crippen molar-refractivity contribution in [2.45, 2.75) is 77.1 Å². The van der Waals surface area contributed by atoms with Gasteiger partial charge in [-0.25, -0.2) is 4.98 Å². The molecule has 3 rings (SSSR count). The molecule has 35 heavy (non-hydrogen) atoms. The van der Waals surface area contributed by atoms with Gasteiger partial charge in [0.2, 0.25) is 11.0 Å². The molecule has 0 radical (unpaired) electrons. The summed E-state index contributed by atoms with van der Waals surface area (Å²) in [6, 6.07) is 1.96. The van der Waals surface area contributed by atoms with Crippen molar-refractivity contribution < 1.29 is 27.8 Å². The standard InChI is InChI=1S/C23H32F3N5O3S/c1-13(2)12-31(16-5-7-17(34-4)8-6-16)20-18(10-15(11-27-20)14(3)9-19(32)33)28-22-29-21(30-35-22)23(24,25)26/h10-11,13-14,16-17H,5-9,12H2,1-4H3,(H,32,33)(H,28,29,30)/t14-,16-,17+/m1/s1. The number of nitrogens with zero attached hydrogens (tertiary/aromatic N) is 4. The number of aliphatic carboxylic acids is 1. The largest absolute Gasteiger partial charge is 0.481 e. The summed E-state index contributed by atoms with van der Waals surface area (Å²) in [6.45, 7) is 6.69. The summed E-state index contributed by atoms with van der Waals surface area (Å²) in [5, 5.41) is 12.2. The number of carboxylic acid groups (broad SMARTS) is 1. The van der Waals surface area contributed by atoms with Gasteiger partial charge in [-0.3, -0.25) is 4.79 Å². The molecule has 0 aliphatic heterocycles. The second kappa shape index (κ2) is 11.5. The number of halogens is 3. The summed E-state index contributed by atoms with van der Waals surface area (Å²) in [4.78, 5) is 21.7. The maximum atomic E-state index is 13.1. The molecule has 1 saturated carbocycles.